The average Bonchev–Trinajstić information content (AvgIpc) is 2.44. The topological polar surface area (TPSA) is 27.0 Å². The van der Waals surface area contributed by atoms with Crippen LogP contribution in [0.5, 0.6) is 0 Å². The molecule has 0 aliphatic carbocycles. The van der Waals surface area contributed by atoms with E-state index in [1.54, 1.807) is 0 Å². The quantitative estimate of drug-likeness (QED) is 0.371. The van der Waals surface area contributed by atoms with Crippen LogP contribution >= 0.6 is 7.92 Å². The molecular weight excluding hydrogens is 460 g/mol. The van der Waals surface area contributed by atoms with Crippen LogP contribution in [0, 0.1) is 0 Å². The number of rotatable bonds is 2. The fourth-order valence-corrected chi connectivity index (χ4v) is 6.47. The van der Waals surface area contributed by atoms with Crippen molar-refractivity contribution < 1.29 is 50.6 Å². The maximum absolute atomic E-state index is 4.82. The van der Waals surface area contributed by atoms with Gasteiger partial charge in [0, 0.05) is 76.3 Å². The van der Waals surface area contributed by atoms with E-state index in [4.69, 9.17) is 5.32 Å². The monoisotopic (exact) mass is 487 g/mol. The molecule has 0 spiro atoms. The third kappa shape index (κ3) is 8.13. The molecule has 3 radical (unpaired) electrons. The number of hydrogen-bond donors (Lipinski definition) is 0. The Balaban J connectivity index is 0. The minimum absolute atomic E-state index is 0. The van der Waals surface area contributed by atoms with Gasteiger partial charge in [-0.05, 0) is 53.7 Å². The number of aromatic nitrogens is 1. The van der Waals surface area contributed by atoms with Crippen molar-refractivity contribution in [3.8, 4) is 0 Å². The van der Waals surface area contributed by atoms with Crippen LogP contribution < -0.4 is 0 Å². The fraction of sp³-hybridized carbons (Fsp3) is 0.421. The normalized spacial score (nSPS) is 15.5. The second-order valence-corrected chi connectivity index (χ2v) is 11.8. The van der Waals surface area contributed by atoms with Gasteiger partial charge in [-0.2, -0.15) is 0 Å². The van der Waals surface area contributed by atoms with Gasteiger partial charge in [-0.15, -0.1) is 11.4 Å². The standard InChI is InChI=1S/C19H26N2P.2Co.Mn/c1-18(2,3)22(19(4,5)6)14-15-10-9-12-17(21-15)16-11-7-8-13-20-16;;;/h7-14H,1-6H3;;;/q-1;;;/p+1/b15-14-;;;. The van der Waals surface area contributed by atoms with E-state index in [2.05, 4.69) is 64.5 Å². The molecule has 0 saturated heterocycles. The van der Waals surface area contributed by atoms with E-state index in [0.717, 1.165) is 17.1 Å². The molecule has 0 atom stereocenters. The van der Waals surface area contributed by atoms with Gasteiger partial charge < -0.3 is 5.32 Å². The first-order chi connectivity index (χ1) is 10.2. The second-order valence-electron chi connectivity index (χ2n) is 7.72. The number of hydrogen-bond acceptors (Lipinski definition) is 1. The first kappa shape index (κ1) is 27.4. The first-order valence-electron chi connectivity index (χ1n) is 7.79. The molecule has 2 nitrogen and oxygen atoms in total. The van der Waals surface area contributed by atoms with Crippen LogP contribution in [0.15, 0.2) is 54.1 Å². The average molecular weight is 487 g/mol. The Hall–Kier alpha value is 0.132. The van der Waals surface area contributed by atoms with Crippen LogP contribution in [0.2, 0.25) is 0 Å². The van der Waals surface area contributed by atoms with Crippen LogP contribution in [-0.2, 0) is 50.6 Å². The molecule has 0 aromatic carbocycles. The van der Waals surface area contributed by atoms with Crippen LogP contribution in [0.3, 0.4) is 0 Å². The van der Waals surface area contributed by atoms with Crippen molar-refractivity contribution in [1.29, 1.82) is 0 Å². The summed E-state index contributed by atoms with van der Waals surface area (Å²) in [5.74, 6) is 2.41. The third-order valence-corrected chi connectivity index (χ3v) is 7.42. The van der Waals surface area contributed by atoms with Crippen molar-refractivity contribution in [3.63, 3.8) is 0 Å². The smallest absolute Gasteiger partial charge is 0.0738 e. The molecule has 0 bridgehead atoms. The summed E-state index contributed by atoms with van der Waals surface area (Å²) < 4.78 is 0. The summed E-state index contributed by atoms with van der Waals surface area (Å²) in [5.41, 5.74) is 2.94. The summed E-state index contributed by atoms with van der Waals surface area (Å²) >= 11 is 0. The molecule has 0 unspecified atom stereocenters. The summed E-state index contributed by atoms with van der Waals surface area (Å²) in [7, 11) is -0.734. The van der Waals surface area contributed by atoms with Crippen molar-refractivity contribution in [3.05, 3.63) is 65.1 Å². The minimum Gasteiger partial charge on any atom is -0.653 e. The number of nitrogens with zero attached hydrogens (tertiary/aromatic N) is 2. The molecular formula is C19H27Co2MnN2P. The van der Waals surface area contributed by atoms with Crippen molar-refractivity contribution in [2.75, 3.05) is 0 Å². The molecule has 1 aromatic rings. The molecule has 25 heavy (non-hydrogen) atoms. The summed E-state index contributed by atoms with van der Waals surface area (Å²) in [5, 5.41) is 5.41. The Morgan fingerprint density at radius 3 is 2.08 bits per heavy atom. The van der Waals surface area contributed by atoms with Crippen molar-refractivity contribution in [2.24, 2.45) is 0 Å². The zero-order chi connectivity index (χ0) is 16.4. The first-order valence-corrected chi connectivity index (χ1v) is 9.37. The van der Waals surface area contributed by atoms with Gasteiger partial charge in [0.2, 0.25) is 0 Å². The Kier molecular flexibility index (Phi) is 12.1. The summed E-state index contributed by atoms with van der Waals surface area (Å²) in [6, 6.07) is 5.94. The molecule has 0 amide bonds. The molecule has 1 aliphatic heterocycles. The van der Waals surface area contributed by atoms with E-state index in [1.165, 1.54) is 0 Å². The summed E-state index contributed by atoms with van der Waals surface area (Å²) in [6.45, 7) is 14.0. The molecule has 1 aliphatic rings. The van der Waals surface area contributed by atoms with Gasteiger partial charge in [0.1, 0.15) is 0 Å². The molecule has 0 saturated carbocycles. The maximum atomic E-state index is 4.82. The van der Waals surface area contributed by atoms with E-state index in [1.807, 2.05) is 30.5 Å². The third-order valence-electron chi connectivity index (χ3n) is 3.61. The molecule has 0 fully saturated rings. The zero-order valence-corrected chi connectivity index (χ0v) is 19.8. The molecule has 1 aromatic heterocycles. The van der Waals surface area contributed by atoms with Gasteiger partial charge in [-0.1, -0.05) is 24.3 Å². The SMILES string of the molecule is CC(C)(C)[PH+](/C=C1/C=CC=C(c2ccccn2)[N-]1)C(C)(C)C.[Co].[Co].[Mn]. The Labute approximate surface area is 185 Å². The zero-order valence-electron chi connectivity index (χ0n) is 15.6. The van der Waals surface area contributed by atoms with Gasteiger partial charge in [0.05, 0.1) is 10.3 Å². The molecule has 0 N–H and O–H groups in total. The molecule has 143 valence electrons. The van der Waals surface area contributed by atoms with Crippen LogP contribution in [0.4, 0.5) is 0 Å². The van der Waals surface area contributed by atoms with Crippen molar-refractivity contribution in [2.45, 2.75) is 51.9 Å². The number of allylic oxidation sites excluding steroid dienone is 3. The van der Waals surface area contributed by atoms with Gasteiger partial charge in [0.25, 0.3) is 0 Å². The Bertz CT molecular complexity index is 601. The van der Waals surface area contributed by atoms with Gasteiger partial charge in [0.15, 0.2) is 0 Å². The minimum atomic E-state index is -0.734. The van der Waals surface area contributed by atoms with Crippen LogP contribution in [0.1, 0.15) is 47.2 Å². The largest absolute Gasteiger partial charge is 0.653 e. The molecule has 6 heteroatoms. The van der Waals surface area contributed by atoms with E-state index >= 15 is 0 Å². The number of pyridine rings is 1. The van der Waals surface area contributed by atoms with Gasteiger partial charge in [-0.25, -0.2) is 0 Å². The van der Waals surface area contributed by atoms with E-state index in [0.29, 0.717) is 10.3 Å². The van der Waals surface area contributed by atoms with E-state index in [9.17, 15) is 0 Å². The van der Waals surface area contributed by atoms with Crippen LogP contribution in [0.25, 0.3) is 11.0 Å². The van der Waals surface area contributed by atoms with E-state index in [-0.39, 0.29) is 50.6 Å². The second kappa shape index (κ2) is 11.1. The summed E-state index contributed by atoms with van der Waals surface area (Å²) in [6.07, 6.45) is 8.02. The molecule has 2 heterocycles. The Morgan fingerprint density at radius 1 is 1.00 bits per heavy atom. The summed E-state index contributed by atoms with van der Waals surface area (Å²) in [4.78, 5) is 4.40. The molecule has 2 rings (SSSR count). The van der Waals surface area contributed by atoms with Crippen LogP contribution in [-0.4, -0.2) is 15.3 Å². The Morgan fingerprint density at radius 2 is 1.60 bits per heavy atom. The van der Waals surface area contributed by atoms with Crippen molar-refractivity contribution >= 4 is 13.6 Å². The predicted molar refractivity (Wildman–Crippen MR) is 101 cm³/mol. The van der Waals surface area contributed by atoms with Crippen molar-refractivity contribution in [1.82, 2.24) is 4.98 Å². The maximum Gasteiger partial charge on any atom is 0.0738 e. The van der Waals surface area contributed by atoms with E-state index < -0.39 is 7.92 Å². The van der Waals surface area contributed by atoms with Gasteiger partial charge in [-0.3, -0.25) is 4.98 Å². The van der Waals surface area contributed by atoms with Gasteiger partial charge >= 0.3 is 0 Å². The predicted octanol–water partition coefficient (Wildman–Crippen LogP) is 6.01. The fourth-order valence-electron chi connectivity index (χ4n) is 2.89.